The molecule has 0 bridgehead atoms. The van der Waals surface area contributed by atoms with Gasteiger partial charge in [-0.1, -0.05) is 0 Å². The number of benzene rings is 1. The molecular weight excluding hydrogens is 402 g/mol. The van der Waals surface area contributed by atoms with Crippen LogP contribution >= 0.6 is 0 Å². The van der Waals surface area contributed by atoms with Gasteiger partial charge in [0.25, 0.3) is 5.56 Å². The Balaban J connectivity index is 1.40. The largest absolute Gasteiger partial charge is 0.370 e. The molecule has 0 saturated carbocycles. The summed E-state index contributed by atoms with van der Waals surface area (Å²) in [6, 6.07) is 5.29. The number of hydrogen-bond acceptors (Lipinski definition) is 6. The Kier molecular flexibility index (Phi) is 4.47. The molecule has 1 atom stereocenters. The van der Waals surface area contributed by atoms with E-state index in [1.165, 1.54) is 22.5 Å². The zero-order valence-electron chi connectivity index (χ0n) is 17.1. The lowest BCUT2D eigenvalue weighted by Crippen LogP contribution is -2.42. The van der Waals surface area contributed by atoms with Gasteiger partial charge in [0.05, 0.1) is 17.4 Å². The molecule has 1 saturated heterocycles. The predicted octanol–water partition coefficient (Wildman–Crippen LogP) is 0.800. The van der Waals surface area contributed by atoms with Crippen LogP contribution in [-0.4, -0.2) is 41.2 Å². The minimum absolute atomic E-state index is 0.0320. The SMILES string of the molecule is Cn1cnc2c1c(=O)n(CC(=O)Nc1ccc3nc(C4CCCO4)[nH]c3c1)c(=O)n2C. The van der Waals surface area contributed by atoms with Crippen LogP contribution in [0.1, 0.15) is 24.8 Å². The molecule has 2 N–H and O–H groups in total. The summed E-state index contributed by atoms with van der Waals surface area (Å²) in [5.74, 6) is 0.287. The summed E-state index contributed by atoms with van der Waals surface area (Å²) >= 11 is 0. The third kappa shape index (κ3) is 3.22. The molecule has 1 aliphatic heterocycles. The van der Waals surface area contributed by atoms with Gasteiger partial charge in [-0.2, -0.15) is 0 Å². The number of H-pyrrole nitrogens is 1. The molecule has 1 amide bonds. The second kappa shape index (κ2) is 7.20. The van der Waals surface area contributed by atoms with Crippen molar-refractivity contribution in [3.63, 3.8) is 0 Å². The summed E-state index contributed by atoms with van der Waals surface area (Å²) in [6.07, 6.45) is 3.36. The second-order valence-electron chi connectivity index (χ2n) is 7.66. The van der Waals surface area contributed by atoms with Gasteiger partial charge in [-0.05, 0) is 31.0 Å². The highest BCUT2D eigenvalue weighted by molar-refractivity contribution is 5.93. The number of hydrogen-bond donors (Lipinski definition) is 2. The van der Waals surface area contributed by atoms with Gasteiger partial charge in [-0.3, -0.25) is 14.2 Å². The van der Waals surface area contributed by atoms with Crippen molar-refractivity contribution in [3.8, 4) is 0 Å². The van der Waals surface area contributed by atoms with Gasteiger partial charge >= 0.3 is 5.69 Å². The molecule has 0 spiro atoms. The summed E-state index contributed by atoms with van der Waals surface area (Å²) in [6.45, 7) is 0.321. The lowest BCUT2D eigenvalue weighted by molar-refractivity contribution is -0.116. The lowest BCUT2D eigenvalue weighted by atomic mass is 10.2. The number of rotatable bonds is 4. The number of nitrogens with one attached hydrogen (secondary N) is 2. The van der Waals surface area contributed by atoms with Gasteiger partial charge in [0.1, 0.15) is 18.5 Å². The van der Waals surface area contributed by atoms with Crippen LogP contribution in [0.15, 0.2) is 34.1 Å². The number of imidazole rings is 2. The van der Waals surface area contributed by atoms with E-state index >= 15 is 0 Å². The zero-order chi connectivity index (χ0) is 21.7. The number of ether oxygens (including phenoxy) is 1. The van der Waals surface area contributed by atoms with Gasteiger partial charge in [-0.25, -0.2) is 19.3 Å². The highest BCUT2D eigenvalue weighted by Crippen LogP contribution is 2.28. The van der Waals surface area contributed by atoms with E-state index in [-0.39, 0.29) is 17.3 Å². The number of nitrogens with zero attached hydrogens (tertiary/aromatic N) is 5. The molecule has 4 aromatic rings. The smallest absolute Gasteiger partial charge is 0.332 e. The molecule has 4 heterocycles. The number of anilines is 1. The molecule has 1 aliphatic rings. The van der Waals surface area contributed by atoms with Crippen LogP contribution in [0.4, 0.5) is 5.69 Å². The molecule has 1 unspecified atom stereocenters. The maximum atomic E-state index is 12.8. The van der Waals surface area contributed by atoms with E-state index in [1.54, 1.807) is 25.2 Å². The standard InChI is InChI=1S/C20H21N7O4/c1-25-10-21-18-16(25)19(29)27(20(30)26(18)2)9-15(28)22-11-5-6-12-13(8-11)24-17(23-12)14-4-3-7-31-14/h5-6,8,10,14H,3-4,7,9H2,1-2H3,(H,22,28)(H,23,24). The Bertz CT molecular complexity index is 1440. The average molecular weight is 423 g/mol. The fourth-order valence-electron chi connectivity index (χ4n) is 3.93. The number of carbonyl (C=O) groups excluding carboxylic acids is 1. The van der Waals surface area contributed by atoms with Crippen LogP contribution < -0.4 is 16.6 Å². The molecule has 1 fully saturated rings. The minimum Gasteiger partial charge on any atom is -0.370 e. The third-order valence-corrected chi connectivity index (χ3v) is 5.52. The number of carbonyl (C=O) groups is 1. The van der Waals surface area contributed by atoms with Crippen LogP contribution in [0.2, 0.25) is 0 Å². The summed E-state index contributed by atoms with van der Waals surface area (Å²) in [7, 11) is 3.18. The Labute approximate surface area is 175 Å². The van der Waals surface area contributed by atoms with E-state index in [9.17, 15) is 14.4 Å². The fraction of sp³-hybridized carbons (Fsp3) is 0.350. The summed E-state index contributed by atoms with van der Waals surface area (Å²) in [5.41, 5.74) is 1.46. The molecule has 0 radical (unpaired) electrons. The number of aromatic nitrogens is 6. The Morgan fingerprint density at radius 1 is 1.32 bits per heavy atom. The van der Waals surface area contributed by atoms with Crippen LogP contribution in [0, 0.1) is 0 Å². The number of fused-ring (bicyclic) bond motifs is 2. The quantitative estimate of drug-likeness (QED) is 0.500. The first kappa shape index (κ1) is 19.2. The summed E-state index contributed by atoms with van der Waals surface area (Å²) in [4.78, 5) is 49.8. The molecule has 1 aromatic carbocycles. The molecule has 160 valence electrons. The molecule has 11 heteroatoms. The minimum atomic E-state index is -0.600. The molecule has 31 heavy (non-hydrogen) atoms. The molecule has 3 aromatic heterocycles. The number of amides is 1. The van der Waals surface area contributed by atoms with Crippen molar-refractivity contribution in [3.05, 3.63) is 51.2 Å². The van der Waals surface area contributed by atoms with Crippen molar-refractivity contribution in [1.29, 1.82) is 0 Å². The van der Waals surface area contributed by atoms with Crippen LogP contribution in [0.5, 0.6) is 0 Å². The van der Waals surface area contributed by atoms with E-state index in [1.807, 2.05) is 0 Å². The van der Waals surface area contributed by atoms with Crippen molar-refractivity contribution in [1.82, 2.24) is 28.7 Å². The third-order valence-electron chi connectivity index (χ3n) is 5.52. The van der Waals surface area contributed by atoms with Gasteiger partial charge in [-0.15, -0.1) is 0 Å². The van der Waals surface area contributed by atoms with Crippen molar-refractivity contribution in [2.45, 2.75) is 25.5 Å². The first-order valence-electron chi connectivity index (χ1n) is 9.94. The van der Waals surface area contributed by atoms with E-state index < -0.39 is 23.7 Å². The highest BCUT2D eigenvalue weighted by Gasteiger charge is 2.21. The summed E-state index contributed by atoms with van der Waals surface area (Å²) < 4.78 is 9.36. The maximum absolute atomic E-state index is 12.8. The lowest BCUT2D eigenvalue weighted by Gasteiger charge is -2.09. The fourth-order valence-corrected chi connectivity index (χ4v) is 3.93. The van der Waals surface area contributed by atoms with Crippen molar-refractivity contribution < 1.29 is 9.53 Å². The first-order chi connectivity index (χ1) is 14.9. The molecular formula is C20H21N7O4. The van der Waals surface area contributed by atoms with Crippen LogP contribution in [0.25, 0.3) is 22.2 Å². The molecule has 5 rings (SSSR count). The Hall–Kier alpha value is -3.73. The van der Waals surface area contributed by atoms with Crippen molar-refractivity contribution in [2.75, 3.05) is 11.9 Å². The maximum Gasteiger partial charge on any atom is 0.332 e. The second-order valence-corrected chi connectivity index (χ2v) is 7.66. The topological polar surface area (TPSA) is 129 Å². The molecule has 0 aliphatic carbocycles. The highest BCUT2D eigenvalue weighted by atomic mass is 16.5. The Morgan fingerprint density at radius 3 is 2.94 bits per heavy atom. The Morgan fingerprint density at radius 2 is 2.16 bits per heavy atom. The predicted molar refractivity (Wildman–Crippen MR) is 113 cm³/mol. The van der Waals surface area contributed by atoms with Crippen LogP contribution in [0.3, 0.4) is 0 Å². The van der Waals surface area contributed by atoms with E-state index in [0.29, 0.717) is 5.69 Å². The van der Waals surface area contributed by atoms with E-state index in [2.05, 4.69) is 20.3 Å². The van der Waals surface area contributed by atoms with Gasteiger partial charge in [0.15, 0.2) is 11.2 Å². The van der Waals surface area contributed by atoms with Crippen molar-refractivity contribution >= 4 is 33.8 Å². The zero-order valence-corrected chi connectivity index (χ0v) is 17.1. The molecule has 11 nitrogen and oxygen atoms in total. The van der Waals surface area contributed by atoms with Gasteiger partial charge in [0.2, 0.25) is 5.91 Å². The summed E-state index contributed by atoms with van der Waals surface area (Å²) in [5, 5.41) is 2.74. The van der Waals surface area contributed by atoms with E-state index in [4.69, 9.17) is 4.74 Å². The number of aromatic amines is 1. The first-order valence-corrected chi connectivity index (χ1v) is 9.94. The number of aryl methyl sites for hydroxylation is 2. The average Bonchev–Trinajstić information content (AvgIpc) is 3.48. The normalized spacial score (nSPS) is 16.4. The monoisotopic (exact) mass is 423 g/mol. The van der Waals surface area contributed by atoms with E-state index in [0.717, 1.165) is 40.9 Å². The van der Waals surface area contributed by atoms with Crippen molar-refractivity contribution in [2.24, 2.45) is 14.1 Å². The van der Waals surface area contributed by atoms with Gasteiger partial charge < -0.3 is 19.6 Å². The van der Waals surface area contributed by atoms with Crippen LogP contribution in [-0.2, 0) is 30.2 Å². The van der Waals surface area contributed by atoms with Gasteiger partial charge in [0, 0.05) is 26.4 Å².